The first-order valence-electron chi connectivity index (χ1n) is 10.8. The minimum absolute atomic E-state index is 0.145. The Morgan fingerprint density at radius 2 is 1.68 bits per heavy atom. The predicted octanol–water partition coefficient (Wildman–Crippen LogP) is 4.20. The molecule has 8 nitrogen and oxygen atoms in total. The average molecular weight is 460 g/mol. The number of hydrogen-bond donors (Lipinski definition) is 2. The quantitative estimate of drug-likeness (QED) is 0.535. The third-order valence-corrected chi connectivity index (χ3v) is 5.04. The van der Waals surface area contributed by atoms with Crippen LogP contribution in [-0.4, -0.2) is 37.6 Å². The second kappa shape index (κ2) is 10.5. The minimum atomic E-state index is -0.728. The van der Waals surface area contributed by atoms with Gasteiger partial charge in [-0.05, 0) is 43.3 Å². The first kappa shape index (κ1) is 22.8. The van der Waals surface area contributed by atoms with Crippen LogP contribution in [0.5, 0.6) is 11.5 Å². The second-order valence-corrected chi connectivity index (χ2v) is 7.71. The van der Waals surface area contributed by atoms with Crippen molar-refractivity contribution in [3.8, 4) is 11.5 Å². The van der Waals surface area contributed by atoms with E-state index in [0.717, 1.165) is 12.0 Å². The Kier molecular flexibility index (Phi) is 7.07. The normalized spacial score (nSPS) is 12.3. The van der Waals surface area contributed by atoms with Crippen molar-refractivity contribution in [3.63, 3.8) is 0 Å². The number of amides is 2. The molecule has 0 aliphatic carbocycles. The fourth-order valence-corrected chi connectivity index (χ4v) is 3.40. The van der Waals surface area contributed by atoms with Crippen molar-refractivity contribution in [2.45, 2.75) is 13.3 Å². The summed E-state index contributed by atoms with van der Waals surface area (Å²) in [4.78, 5) is 37.6. The summed E-state index contributed by atoms with van der Waals surface area (Å²) in [5, 5.41) is 5.40. The first-order chi connectivity index (χ1) is 16.5. The summed E-state index contributed by atoms with van der Waals surface area (Å²) in [6, 6.07) is 18.6. The molecular weight excluding hydrogens is 436 g/mol. The fourth-order valence-electron chi connectivity index (χ4n) is 3.40. The third-order valence-electron chi connectivity index (χ3n) is 5.04. The van der Waals surface area contributed by atoms with Gasteiger partial charge in [-0.3, -0.25) is 9.59 Å². The van der Waals surface area contributed by atoms with E-state index >= 15 is 0 Å². The number of para-hydroxylation sites is 1. The van der Waals surface area contributed by atoms with Crippen LogP contribution in [0.1, 0.15) is 32.7 Å². The molecule has 0 bridgehead atoms. The van der Waals surface area contributed by atoms with Crippen LogP contribution in [-0.2, 0) is 9.53 Å². The molecule has 0 unspecified atom stereocenters. The molecule has 3 aromatic rings. The number of hydrogen-bond acceptors (Lipinski definition) is 6. The SMILES string of the molecule is Cc1cccc(C(=O)Nc2ccccc2C(=O)OCC(=O)Nc2ccc3c(c2)OCCCO3)c1. The van der Waals surface area contributed by atoms with Crippen LogP contribution >= 0.6 is 0 Å². The zero-order valence-corrected chi connectivity index (χ0v) is 18.6. The number of carbonyl (C=O) groups is 3. The number of ether oxygens (including phenoxy) is 3. The molecule has 3 aromatic carbocycles. The first-order valence-corrected chi connectivity index (χ1v) is 10.8. The standard InChI is InChI=1S/C26H24N2O6/c1-17-6-4-7-18(14-17)25(30)28-21-9-3-2-8-20(21)26(31)34-16-24(29)27-19-10-11-22-23(15-19)33-13-5-12-32-22/h2-4,6-11,14-15H,5,12-13,16H2,1H3,(H,27,29)(H,28,30). The molecule has 8 heteroatoms. The van der Waals surface area contributed by atoms with E-state index < -0.39 is 18.5 Å². The number of anilines is 2. The lowest BCUT2D eigenvalue weighted by atomic mass is 10.1. The summed E-state index contributed by atoms with van der Waals surface area (Å²) in [5.41, 5.74) is 2.35. The molecule has 0 radical (unpaired) electrons. The van der Waals surface area contributed by atoms with Crippen molar-refractivity contribution in [1.82, 2.24) is 0 Å². The maximum absolute atomic E-state index is 12.6. The molecule has 1 aliphatic rings. The zero-order chi connectivity index (χ0) is 23.9. The van der Waals surface area contributed by atoms with E-state index in [0.29, 0.717) is 41.7 Å². The van der Waals surface area contributed by atoms with Crippen LogP contribution in [0.25, 0.3) is 0 Å². The van der Waals surface area contributed by atoms with Crippen molar-refractivity contribution in [2.24, 2.45) is 0 Å². The molecule has 2 amide bonds. The van der Waals surface area contributed by atoms with Gasteiger partial charge in [-0.2, -0.15) is 0 Å². The number of esters is 1. The molecule has 0 fully saturated rings. The number of fused-ring (bicyclic) bond motifs is 1. The van der Waals surface area contributed by atoms with Gasteiger partial charge in [0.2, 0.25) is 0 Å². The highest BCUT2D eigenvalue weighted by Gasteiger charge is 2.17. The summed E-state index contributed by atoms with van der Waals surface area (Å²) < 4.78 is 16.4. The van der Waals surface area contributed by atoms with Gasteiger partial charge in [0, 0.05) is 23.7 Å². The summed E-state index contributed by atoms with van der Waals surface area (Å²) in [6.45, 7) is 2.50. The zero-order valence-electron chi connectivity index (χ0n) is 18.6. The van der Waals surface area contributed by atoms with Gasteiger partial charge in [0.05, 0.1) is 24.5 Å². The van der Waals surface area contributed by atoms with E-state index in [1.807, 2.05) is 13.0 Å². The van der Waals surface area contributed by atoms with Gasteiger partial charge in [0.15, 0.2) is 18.1 Å². The second-order valence-electron chi connectivity index (χ2n) is 7.71. The molecule has 0 saturated carbocycles. The van der Waals surface area contributed by atoms with E-state index in [2.05, 4.69) is 10.6 Å². The highest BCUT2D eigenvalue weighted by atomic mass is 16.5. The number of benzene rings is 3. The predicted molar refractivity (Wildman–Crippen MR) is 127 cm³/mol. The molecule has 0 spiro atoms. The Morgan fingerprint density at radius 3 is 2.50 bits per heavy atom. The van der Waals surface area contributed by atoms with Crippen LogP contribution < -0.4 is 20.1 Å². The molecule has 174 valence electrons. The van der Waals surface area contributed by atoms with Gasteiger partial charge in [0.25, 0.3) is 11.8 Å². The molecule has 0 aromatic heterocycles. The Balaban J connectivity index is 1.36. The van der Waals surface area contributed by atoms with Crippen molar-refractivity contribution < 1.29 is 28.6 Å². The highest BCUT2D eigenvalue weighted by Crippen LogP contribution is 2.32. The lowest BCUT2D eigenvalue weighted by Gasteiger charge is -2.12. The van der Waals surface area contributed by atoms with Gasteiger partial charge < -0.3 is 24.8 Å². The van der Waals surface area contributed by atoms with E-state index in [9.17, 15) is 14.4 Å². The number of rotatable bonds is 6. The fraction of sp³-hybridized carbons (Fsp3) is 0.192. The lowest BCUT2D eigenvalue weighted by Crippen LogP contribution is -2.22. The van der Waals surface area contributed by atoms with Gasteiger partial charge in [-0.1, -0.05) is 29.8 Å². The number of aryl methyl sites for hydroxylation is 1. The highest BCUT2D eigenvalue weighted by molar-refractivity contribution is 6.08. The van der Waals surface area contributed by atoms with Gasteiger partial charge >= 0.3 is 5.97 Å². The Hall–Kier alpha value is -4.33. The average Bonchev–Trinajstić information content (AvgIpc) is 3.08. The Morgan fingerprint density at radius 1 is 0.882 bits per heavy atom. The van der Waals surface area contributed by atoms with Crippen LogP contribution in [0.2, 0.25) is 0 Å². The topological polar surface area (TPSA) is 103 Å². The Labute approximate surface area is 196 Å². The van der Waals surface area contributed by atoms with E-state index in [4.69, 9.17) is 14.2 Å². The number of carbonyl (C=O) groups excluding carboxylic acids is 3. The molecule has 4 rings (SSSR count). The summed E-state index contributed by atoms with van der Waals surface area (Å²) >= 11 is 0. The minimum Gasteiger partial charge on any atom is -0.490 e. The summed E-state index contributed by atoms with van der Waals surface area (Å²) in [6.07, 6.45) is 0.777. The molecule has 1 aliphatic heterocycles. The third kappa shape index (κ3) is 5.72. The maximum Gasteiger partial charge on any atom is 0.340 e. The monoisotopic (exact) mass is 460 g/mol. The molecule has 34 heavy (non-hydrogen) atoms. The van der Waals surface area contributed by atoms with Crippen molar-refractivity contribution >= 4 is 29.2 Å². The smallest absolute Gasteiger partial charge is 0.340 e. The van der Waals surface area contributed by atoms with Crippen LogP contribution in [0.4, 0.5) is 11.4 Å². The number of nitrogens with one attached hydrogen (secondary N) is 2. The molecule has 0 atom stereocenters. The molecule has 1 heterocycles. The lowest BCUT2D eigenvalue weighted by molar-refractivity contribution is -0.119. The van der Waals surface area contributed by atoms with Gasteiger partial charge in [0.1, 0.15) is 0 Å². The van der Waals surface area contributed by atoms with Crippen LogP contribution in [0.15, 0.2) is 66.7 Å². The van der Waals surface area contributed by atoms with Gasteiger partial charge in [-0.15, -0.1) is 0 Å². The Bertz CT molecular complexity index is 1220. The van der Waals surface area contributed by atoms with E-state index in [-0.39, 0.29) is 11.5 Å². The molecule has 2 N–H and O–H groups in total. The van der Waals surface area contributed by atoms with Crippen molar-refractivity contribution in [3.05, 3.63) is 83.4 Å². The van der Waals surface area contributed by atoms with Crippen LogP contribution in [0, 0.1) is 6.92 Å². The van der Waals surface area contributed by atoms with Crippen molar-refractivity contribution in [1.29, 1.82) is 0 Å². The van der Waals surface area contributed by atoms with Crippen molar-refractivity contribution in [2.75, 3.05) is 30.5 Å². The van der Waals surface area contributed by atoms with Crippen LogP contribution in [0.3, 0.4) is 0 Å². The largest absolute Gasteiger partial charge is 0.490 e. The van der Waals surface area contributed by atoms with E-state index in [1.165, 1.54) is 6.07 Å². The van der Waals surface area contributed by atoms with Gasteiger partial charge in [-0.25, -0.2) is 4.79 Å². The molecule has 0 saturated heterocycles. The van der Waals surface area contributed by atoms with E-state index in [1.54, 1.807) is 54.6 Å². The summed E-state index contributed by atoms with van der Waals surface area (Å²) in [7, 11) is 0. The summed E-state index contributed by atoms with van der Waals surface area (Å²) in [5.74, 6) is -0.425. The maximum atomic E-state index is 12.6. The molecular formula is C26H24N2O6.